The van der Waals surface area contributed by atoms with Gasteiger partial charge in [0.15, 0.2) is 21.7 Å². The molecule has 0 atom stereocenters. The van der Waals surface area contributed by atoms with E-state index in [1.165, 1.54) is 11.3 Å². The Balaban J connectivity index is 1.60. The Kier molecular flexibility index (Phi) is 7.03. The van der Waals surface area contributed by atoms with E-state index in [9.17, 15) is 4.79 Å². The van der Waals surface area contributed by atoms with Crippen LogP contribution in [-0.4, -0.2) is 30.2 Å². The number of hydrogen-bond donors (Lipinski definition) is 2. The molecule has 2 aromatic carbocycles. The van der Waals surface area contributed by atoms with Gasteiger partial charge in [0, 0.05) is 16.0 Å². The minimum Gasteiger partial charge on any atom is -0.493 e. The monoisotopic (exact) mass is 447 g/mol. The van der Waals surface area contributed by atoms with E-state index in [-0.39, 0.29) is 17.4 Å². The summed E-state index contributed by atoms with van der Waals surface area (Å²) in [6.07, 6.45) is 0.202. The predicted octanol–water partition coefficient (Wildman–Crippen LogP) is 4.54. The Labute approximate surface area is 182 Å². The molecule has 3 rings (SSSR count). The number of aromatic nitrogens is 1. The van der Waals surface area contributed by atoms with Crippen molar-refractivity contribution >= 4 is 51.3 Å². The molecule has 0 spiro atoms. The first-order chi connectivity index (χ1) is 14.0. The standard InChI is InChI=1S/C20H18ClN3O3S2/c1-26-16-8-5-13(10-17(16)27-2)15-11-29-20(22-15)24-19(28)23-18(25)9-12-3-6-14(21)7-4-12/h3-8,10-11H,9H2,1-2H3,(H2,22,23,24,25,28). The van der Waals surface area contributed by atoms with Crippen molar-refractivity contribution in [1.82, 2.24) is 10.3 Å². The Morgan fingerprint density at radius 1 is 1.14 bits per heavy atom. The van der Waals surface area contributed by atoms with Crippen LogP contribution in [0.5, 0.6) is 11.5 Å². The lowest BCUT2D eigenvalue weighted by molar-refractivity contribution is -0.119. The van der Waals surface area contributed by atoms with Crippen molar-refractivity contribution in [2.24, 2.45) is 0 Å². The van der Waals surface area contributed by atoms with Crippen LogP contribution in [0.1, 0.15) is 5.56 Å². The van der Waals surface area contributed by atoms with E-state index >= 15 is 0 Å². The number of hydrogen-bond acceptors (Lipinski definition) is 6. The predicted molar refractivity (Wildman–Crippen MR) is 120 cm³/mol. The van der Waals surface area contributed by atoms with Gasteiger partial charge >= 0.3 is 0 Å². The largest absolute Gasteiger partial charge is 0.493 e. The van der Waals surface area contributed by atoms with Crippen molar-refractivity contribution in [2.75, 3.05) is 19.5 Å². The molecule has 0 saturated heterocycles. The Morgan fingerprint density at radius 2 is 1.86 bits per heavy atom. The average molecular weight is 448 g/mol. The Morgan fingerprint density at radius 3 is 2.55 bits per heavy atom. The number of methoxy groups -OCH3 is 2. The van der Waals surface area contributed by atoms with Crippen molar-refractivity contribution in [3.63, 3.8) is 0 Å². The topological polar surface area (TPSA) is 72.5 Å². The molecular weight excluding hydrogens is 430 g/mol. The van der Waals surface area contributed by atoms with Gasteiger partial charge in [-0.05, 0) is 48.1 Å². The molecule has 3 aromatic rings. The van der Waals surface area contributed by atoms with Gasteiger partial charge in [0.05, 0.1) is 26.3 Å². The second-order valence-corrected chi connectivity index (χ2v) is 7.62. The van der Waals surface area contributed by atoms with Gasteiger partial charge in [-0.2, -0.15) is 0 Å². The summed E-state index contributed by atoms with van der Waals surface area (Å²) in [7, 11) is 3.17. The molecule has 0 radical (unpaired) electrons. The van der Waals surface area contributed by atoms with Gasteiger partial charge in [-0.3, -0.25) is 4.79 Å². The number of carbonyl (C=O) groups is 1. The van der Waals surface area contributed by atoms with Gasteiger partial charge in [-0.15, -0.1) is 11.3 Å². The number of amides is 1. The number of nitrogens with zero attached hydrogens (tertiary/aromatic N) is 1. The fourth-order valence-electron chi connectivity index (χ4n) is 2.55. The lowest BCUT2D eigenvalue weighted by Gasteiger charge is -2.08. The molecule has 0 aliphatic heterocycles. The van der Waals surface area contributed by atoms with Gasteiger partial charge in [0.2, 0.25) is 5.91 Å². The quantitative estimate of drug-likeness (QED) is 0.540. The third kappa shape index (κ3) is 5.66. The van der Waals surface area contributed by atoms with E-state index in [1.54, 1.807) is 38.5 Å². The van der Waals surface area contributed by atoms with Crippen LogP contribution in [0.15, 0.2) is 47.8 Å². The highest BCUT2D eigenvalue weighted by atomic mass is 35.5. The summed E-state index contributed by atoms with van der Waals surface area (Å²) in [5, 5.41) is 8.87. The molecular formula is C20H18ClN3O3S2. The maximum atomic E-state index is 12.1. The summed E-state index contributed by atoms with van der Waals surface area (Å²) in [5.74, 6) is 1.05. The SMILES string of the molecule is COc1ccc(-c2csc(NC(=S)NC(=O)Cc3ccc(Cl)cc3)n2)cc1OC. The summed E-state index contributed by atoms with van der Waals surface area (Å²) in [6, 6.07) is 12.7. The van der Waals surface area contributed by atoms with Crippen LogP contribution in [0.4, 0.5) is 5.13 Å². The summed E-state index contributed by atoms with van der Waals surface area (Å²) in [5.41, 5.74) is 2.48. The van der Waals surface area contributed by atoms with Crippen molar-refractivity contribution in [2.45, 2.75) is 6.42 Å². The maximum absolute atomic E-state index is 12.1. The summed E-state index contributed by atoms with van der Waals surface area (Å²) in [4.78, 5) is 16.7. The first kappa shape index (κ1) is 21.0. The summed E-state index contributed by atoms with van der Waals surface area (Å²) in [6.45, 7) is 0. The number of carbonyl (C=O) groups excluding carboxylic acids is 1. The fourth-order valence-corrected chi connectivity index (χ4v) is 3.67. The van der Waals surface area contributed by atoms with Gasteiger partial charge in [0.1, 0.15) is 0 Å². The molecule has 29 heavy (non-hydrogen) atoms. The van der Waals surface area contributed by atoms with Crippen LogP contribution in [0.3, 0.4) is 0 Å². The first-order valence-corrected chi connectivity index (χ1v) is 10.2. The minimum absolute atomic E-state index is 0.192. The third-order valence-corrected chi connectivity index (χ3v) is 5.15. The molecule has 9 heteroatoms. The highest BCUT2D eigenvalue weighted by molar-refractivity contribution is 7.80. The van der Waals surface area contributed by atoms with E-state index in [1.807, 2.05) is 23.6 Å². The van der Waals surface area contributed by atoms with Gasteiger partial charge in [0.25, 0.3) is 0 Å². The molecule has 0 fully saturated rings. The van der Waals surface area contributed by atoms with E-state index in [0.29, 0.717) is 21.7 Å². The highest BCUT2D eigenvalue weighted by Crippen LogP contribution is 2.33. The lowest BCUT2D eigenvalue weighted by atomic mass is 10.1. The van der Waals surface area contributed by atoms with Crippen molar-refractivity contribution < 1.29 is 14.3 Å². The third-order valence-electron chi connectivity index (χ3n) is 3.93. The molecule has 0 saturated carbocycles. The molecule has 0 unspecified atom stereocenters. The summed E-state index contributed by atoms with van der Waals surface area (Å²) >= 11 is 12.4. The second kappa shape index (κ2) is 9.69. The zero-order valence-electron chi connectivity index (χ0n) is 15.7. The Bertz CT molecular complexity index is 1020. The highest BCUT2D eigenvalue weighted by Gasteiger charge is 2.11. The molecule has 2 N–H and O–H groups in total. The van der Waals surface area contributed by atoms with Crippen LogP contribution in [-0.2, 0) is 11.2 Å². The maximum Gasteiger partial charge on any atom is 0.230 e. The number of thiocarbonyl (C=S) groups is 1. The number of ether oxygens (including phenoxy) is 2. The second-order valence-electron chi connectivity index (χ2n) is 5.91. The van der Waals surface area contributed by atoms with Crippen molar-refractivity contribution in [3.05, 3.63) is 58.4 Å². The molecule has 1 heterocycles. The van der Waals surface area contributed by atoms with E-state index in [4.69, 9.17) is 33.3 Å². The number of anilines is 1. The molecule has 0 aliphatic carbocycles. The number of nitrogens with one attached hydrogen (secondary N) is 2. The van der Waals surface area contributed by atoms with Crippen LogP contribution in [0, 0.1) is 0 Å². The molecule has 1 aromatic heterocycles. The minimum atomic E-state index is -0.221. The lowest BCUT2D eigenvalue weighted by Crippen LogP contribution is -2.35. The smallest absolute Gasteiger partial charge is 0.230 e. The number of rotatable bonds is 6. The van der Waals surface area contributed by atoms with E-state index in [2.05, 4.69) is 15.6 Å². The van der Waals surface area contributed by atoms with E-state index in [0.717, 1.165) is 16.8 Å². The molecule has 150 valence electrons. The molecule has 0 bridgehead atoms. The fraction of sp³-hybridized carbons (Fsp3) is 0.150. The normalized spacial score (nSPS) is 10.3. The first-order valence-electron chi connectivity index (χ1n) is 8.51. The molecule has 6 nitrogen and oxygen atoms in total. The van der Waals surface area contributed by atoms with Gasteiger partial charge in [-0.25, -0.2) is 4.98 Å². The number of benzene rings is 2. The Hall–Kier alpha value is -2.68. The summed E-state index contributed by atoms with van der Waals surface area (Å²) < 4.78 is 10.6. The van der Waals surface area contributed by atoms with Crippen LogP contribution < -0.4 is 20.1 Å². The van der Waals surface area contributed by atoms with Crippen molar-refractivity contribution in [1.29, 1.82) is 0 Å². The van der Waals surface area contributed by atoms with Crippen LogP contribution in [0.2, 0.25) is 5.02 Å². The van der Waals surface area contributed by atoms with Gasteiger partial charge in [-0.1, -0.05) is 23.7 Å². The van der Waals surface area contributed by atoms with Crippen LogP contribution in [0.25, 0.3) is 11.3 Å². The number of thiazole rings is 1. The molecule has 0 aliphatic rings. The average Bonchev–Trinajstić information content (AvgIpc) is 3.17. The van der Waals surface area contributed by atoms with Gasteiger partial charge < -0.3 is 20.1 Å². The zero-order valence-corrected chi connectivity index (χ0v) is 18.1. The van der Waals surface area contributed by atoms with E-state index < -0.39 is 0 Å². The number of halogens is 1. The zero-order chi connectivity index (χ0) is 20.8. The molecule has 1 amide bonds. The van der Waals surface area contributed by atoms with Crippen molar-refractivity contribution in [3.8, 4) is 22.8 Å². The van der Waals surface area contributed by atoms with Crippen LogP contribution >= 0.6 is 35.2 Å².